The van der Waals surface area contributed by atoms with Crippen molar-refractivity contribution in [2.75, 3.05) is 12.4 Å². The van der Waals surface area contributed by atoms with Gasteiger partial charge in [-0.2, -0.15) is 0 Å². The number of hydrogen-bond donors (Lipinski definition) is 3. The van der Waals surface area contributed by atoms with E-state index in [-0.39, 0.29) is 30.1 Å². The summed E-state index contributed by atoms with van der Waals surface area (Å²) in [6.45, 7) is 3.78. The topological polar surface area (TPSA) is 119 Å². The Morgan fingerprint density at radius 2 is 1.86 bits per heavy atom. The number of benzene rings is 1. The fraction of sp³-hybridized carbons (Fsp3) is 0.571. The van der Waals surface area contributed by atoms with Gasteiger partial charge >= 0.3 is 11.9 Å². The smallest absolute Gasteiger partial charge is 0.326 e. The van der Waals surface area contributed by atoms with E-state index in [1.165, 1.54) is 7.11 Å². The van der Waals surface area contributed by atoms with Crippen LogP contribution in [0.15, 0.2) is 30.3 Å². The summed E-state index contributed by atoms with van der Waals surface area (Å²) >= 11 is 0. The van der Waals surface area contributed by atoms with Crippen LogP contribution in [0.3, 0.4) is 0 Å². The van der Waals surface area contributed by atoms with E-state index in [9.17, 15) is 19.5 Å². The predicted octanol–water partition coefficient (Wildman–Crippen LogP) is 2.27. The summed E-state index contributed by atoms with van der Waals surface area (Å²) in [5.41, 5.74) is 5.08. The lowest BCUT2D eigenvalue weighted by Crippen LogP contribution is -2.61. The van der Waals surface area contributed by atoms with Gasteiger partial charge in [0.25, 0.3) is 0 Å². The number of hydrogen-bond acceptors (Lipinski definition) is 5. The van der Waals surface area contributed by atoms with Gasteiger partial charge in [-0.05, 0) is 36.3 Å². The number of carbonyl (C=O) groups is 3. The molecule has 7 heteroatoms. The Bertz CT molecular complexity index is 782. The van der Waals surface area contributed by atoms with Crippen LogP contribution in [-0.4, -0.2) is 35.6 Å². The fourth-order valence-corrected chi connectivity index (χ4v) is 6.04. The molecule has 2 fully saturated rings. The maximum Gasteiger partial charge on any atom is 0.326 e. The summed E-state index contributed by atoms with van der Waals surface area (Å²) in [5.74, 6) is -3.41. The molecule has 0 saturated heterocycles. The third-order valence-electron chi connectivity index (χ3n) is 7.03. The zero-order valence-electron chi connectivity index (χ0n) is 16.5. The first-order valence-corrected chi connectivity index (χ1v) is 9.74. The van der Waals surface area contributed by atoms with Crippen LogP contribution in [0.1, 0.15) is 33.1 Å². The second-order valence-electron chi connectivity index (χ2n) is 7.89. The molecule has 0 aromatic heterocycles. The van der Waals surface area contributed by atoms with E-state index in [0.29, 0.717) is 18.5 Å². The Morgan fingerprint density at radius 3 is 2.36 bits per heavy atom. The Morgan fingerprint density at radius 1 is 1.21 bits per heavy atom. The molecule has 0 aliphatic heterocycles. The van der Waals surface area contributed by atoms with Gasteiger partial charge in [-0.15, -0.1) is 0 Å². The molecule has 0 radical (unpaired) electrons. The van der Waals surface area contributed by atoms with E-state index in [0.717, 1.165) is 0 Å². The third-order valence-corrected chi connectivity index (χ3v) is 7.03. The van der Waals surface area contributed by atoms with Crippen LogP contribution in [0.5, 0.6) is 0 Å². The third kappa shape index (κ3) is 2.64. The average molecular weight is 388 g/mol. The molecule has 2 aliphatic carbocycles. The van der Waals surface area contributed by atoms with Gasteiger partial charge < -0.3 is 20.9 Å². The van der Waals surface area contributed by atoms with Gasteiger partial charge in [0, 0.05) is 17.5 Å². The quantitative estimate of drug-likeness (QED) is 0.617. The molecule has 1 amide bonds. The normalized spacial score (nSPS) is 35.7. The summed E-state index contributed by atoms with van der Waals surface area (Å²) < 4.78 is 5.01. The number of fused-ring (bicyclic) bond motifs is 1. The van der Waals surface area contributed by atoms with Crippen LogP contribution in [-0.2, 0) is 19.1 Å². The van der Waals surface area contributed by atoms with Crippen molar-refractivity contribution in [3.8, 4) is 0 Å². The van der Waals surface area contributed by atoms with Crippen molar-refractivity contribution in [2.24, 2.45) is 34.8 Å². The molecule has 0 spiro atoms. The minimum absolute atomic E-state index is 0.125. The van der Waals surface area contributed by atoms with Crippen molar-refractivity contribution in [1.29, 1.82) is 0 Å². The van der Waals surface area contributed by atoms with Gasteiger partial charge in [-0.3, -0.25) is 14.4 Å². The number of ether oxygens (including phenoxy) is 1. The summed E-state index contributed by atoms with van der Waals surface area (Å²) in [6.07, 6.45) is 1.15. The molecule has 4 N–H and O–H groups in total. The lowest BCUT2D eigenvalue weighted by Gasteiger charge is -2.39. The number of nitrogens with one attached hydrogen (secondary N) is 1. The number of methoxy groups -OCH3 is 1. The van der Waals surface area contributed by atoms with Crippen LogP contribution in [0.2, 0.25) is 0 Å². The number of carboxylic acids is 1. The highest BCUT2D eigenvalue weighted by Gasteiger charge is 2.86. The number of nitrogens with two attached hydrogens (primary N) is 1. The number of carboxylic acid groups (broad SMARTS) is 1. The molecule has 1 aromatic carbocycles. The number of carbonyl (C=O) groups excluding carboxylic acids is 2. The van der Waals surface area contributed by atoms with Crippen LogP contribution in [0.25, 0.3) is 0 Å². The Balaban J connectivity index is 1.93. The number of aliphatic carboxylic acids is 1. The van der Waals surface area contributed by atoms with E-state index in [1.807, 2.05) is 32.0 Å². The fourth-order valence-electron chi connectivity index (χ4n) is 6.04. The van der Waals surface area contributed by atoms with E-state index in [2.05, 4.69) is 5.32 Å². The summed E-state index contributed by atoms with van der Waals surface area (Å²) in [6, 6.07) is 9.09. The van der Waals surface area contributed by atoms with Gasteiger partial charge in [-0.25, -0.2) is 0 Å². The van der Waals surface area contributed by atoms with E-state index >= 15 is 0 Å². The molecule has 2 saturated carbocycles. The van der Waals surface area contributed by atoms with E-state index in [1.54, 1.807) is 12.1 Å². The second-order valence-corrected chi connectivity index (χ2v) is 7.89. The molecule has 1 aromatic rings. The van der Waals surface area contributed by atoms with Crippen molar-refractivity contribution in [3.05, 3.63) is 30.3 Å². The van der Waals surface area contributed by atoms with Crippen LogP contribution < -0.4 is 11.1 Å². The minimum Gasteiger partial charge on any atom is -0.481 e. The highest BCUT2D eigenvalue weighted by atomic mass is 16.5. The largest absolute Gasteiger partial charge is 0.481 e. The molecule has 7 nitrogen and oxygen atoms in total. The standard InChI is InChI=1S/C21H28N2O5/c1-4-14-13(11-15(24)23-12-9-7-6-8-10-12)16-17(18(25)26)20(16,5-2)21(14,22)19(27)28-3/h6-10,13-14,16-17H,4-5,11,22H2,1-3H3,(H,23,24)(H,25,26). The van der Waals surface area contributed by atoms with Crippen LogP contribution in [0, 0.1) is 29.1 Å². The lowest BCUT2D eigenvalue weighted by molar-refractivity contribution is -0.155. The lowest BCUT2D eigenvalue weighted by atomic mass is 9.69. The molecule has 6 unspecified atom stereocenters. The maximum absolute atomic E-state index is 12.8. The predicted molar refractivity (Wildman–Crippen MR) is 103 cm³/mol. The average Bonchev–Trinajstić information content (AvgIpc) is 3.33. The van der Waals surface area contributed by atoms with E-state index < -0.39 is 28.8 Å². The molecular weight excluding hydrogens is 360 g/mol. The zero-order valence-corrected chi connectivity index (χ0v) is 16.5. The molecule has 6 atom stereocenters. The number of anilines is 1. The molecule has 152 valence electrons. The molecule has 28 heavy (non-hydrogen) atoms. The number of rotatable bonds is 7. The molecule has 0 heterocycles. The second kappa shape index (κ2) is 7.20. The Labute approximate surface area is 164 Å². The van der Waals surface area contributed by atoms with Gasteiger partial charge in [0.15, 0.2) is 0 Å². The summed E-state index contributed by atoms with van der Waals surface area (Å²) in [5, 5.41) is 12.6. The van der Waals surface area contributed by atoms with Gasteiger partial charge in [0.1, 0.15) is 5.54 Å². The maximum atomic E-state index is 12.8. The van der Waals surface area contributed by atoms with Crippen molar-refractivity contribution < 1.29 is 24.2 Å². The van der Waals surface area contributed by atoms with E-state index in [4.69, 9.17) is 10.5 Å². The molecule has 0 bridgehead atoms. The highest BCUT2D eigenvalue weighted by molar-refractivity contribution is 5.93. The minimum atomic E-state index is -1.41. The van der Waals surface area contributed by atoms with Gasteiger partial charge in [0.05, 0.1) is 13.0 Å². The first-order valence-electron chi connectivity index (χ1n) is 9.74. The molecule has 2 aliphatic rings. The molecule has 3 rings (SSSR count). The summed E-state index contributed by atoms with van der Waals surface area (Å²) in [4.78, 5) is 37.4. The van der Waals surface area contributed by atoms with Crippen molar-refractivity contribution >= 4 is 23.5 Å². The Kier molecular flexibility index (Phi) is 5.23. The van der Waals surface area contributed by atoms with Crippen LogP contribution >= 0.6 is 0 Å². The highest BCUT2D eigenvalue weighted by Crippen LogP contribution is 2.78. The van der Waals surface area contributed by atoms with Gasteiger partial charge in [0.2, 0.25) is 5.91 Å². The summed E-state index contributed by atoms with van der Waals surface area (Å²) in [7, 11) is 1.27. The van der Waals surface area contributed by atoms with Crippen molar-refractivity contribution in [1.82, 2.24) is 0 Å². The molecular formula is C21H28N2O5. The van der Waals surface area contributed by atoms with Crippen LogP contribution in [0.4, 0.5) is 5.69 Å². The SMILES string of the molecule is CCC1C(CC(=O)Nc2ccccc2)C2C(C(=O)O)C2(CC)C1(N)C(=O)OC. The first kappa shape index (κ1) is 20.3. The Hall–Kier alpha value is -2.41. The van der Waals surface area contributed by atoms with Crippen molar-refractivity contribution in [3.63, 3.8) is 0 Å². The first-order chi connectivity index (χ1) is 13.3. The number of amides is 1. The van der Waals surface area contributed by atoms with Gasteiger partial charge in [-0.1, -0.05) is 38.5 Å². The zero-order chi connectivity index (χ0) is 20.7. The number of esters is 1. The number of para-hydroxylation sites is 1. The monoisotopic (exact) mass is 388 g/mol. The van der Waals surface area contributed by atoms with Crippen molar-refractivity contribution in [2.45, 2.75) is 38.6 Å².